The summed E-state index contributed by atoms with van der Waals surface area (Å²) in [6.07, 6.45) is 4.38. The lowest BCUT2D eigenvalue weighted by Gasteiger charge is -2.22. The Hall–Kier alpha value is -1.12. The zero-order chi connectivity index (χ0) is 11.4. The summed E-state index contributed by atoms with van der Waals surface area (Å²) < 4.78 is 5.69. The van der Waals surface area contributed by atoms with Gasteiger partial charge in [0.1, 0.15) is 0 Å². The van der Waals surface area contributed by atoms with Gasteiger partial charge in [0.25, 0.3) is 0 Å². The average Bonchev–Trinajstić information content (AvgIpc) is 2.60. The van der Waals surface area contributed by atoms with Crippen molar-refractivity contribution >= 4 is 0 Å². The second-order valence-electron chi connectivity index (χ2n) is 4.76. The van der Waals surface area contributed by atoms with E-state index in [9.17, 15) is 5.11 Å². The molecule has 0 unspecified atom stereocenters. The van der Waals surface area contributed by atoms with E-state index in [1.54, 1.807) is 0 Å². The van der Waals surface area contributed by atoms with Gasteiger partial charge in [-0.05, 0) is 12.0 Å². The van der Waals surface area contributed by atoms with Crippen LogP contribution in [0.4, 0.5) is 0 Å². The van der Waals surface area contributed by atoms with E-state index in [2.05, 4.69) is 25.1 Å². The SMILES string of the molecule is C[C@@]1(COCc2ccccc2)C=C[C@@H](O)C1. The highest BCUT2D eigenvalue weighted by Gasteiger charge is 2.29. The number of aliphatic hydroxyl groups excluding tert-OH is 1. The number of rotatable bonds is 4. The molecule has 0 radical (unpaired) electrons. The molecule has 0 amide bonds. The molecule has 0 heterocycles. The van der Waals surface area contributed by atoms with Crippen LogP contribution in [0.25, 0.3) is 0 Å². The minimum absolute atomic E-state index is 0.00576. The van der Waals surface area contributed by atoms with Gasteiger partial charge in [0.05, 0.1) is 19.3 Å². The van der Waals surface area contributed by atoms with E-state index in [4.69, 9.17) is 4.74 Å². The fraction of sp³-hybridized carbons (Fsp3) is 0.429. The zero-order valence-electron chi connectivity index (χ0n) is 9.60. The van der Waals surface area contributed by atoms with Crippen molar-refractivity contribution in [1.29, 1.82) is 0 Å². The smallest absolute Gasteiger partial charge is 0.0730 e. The van der Waals surface area contributed by atoms with Crippen LogP contribution in [-0.2, 0) is 11.3 Å². The van der Waals surface area contributed by atoms with Gasteiger partial charge in [0.15, 0.2) is 0 Å². The molecule has 2 heteroatoms. The molecule has 0 spiro atoms. The van der Waals surface area contributed by atoms with Crippen molar-refractivity contribution in [3.8, 4) is 0 Å². The minimum atomic E-state index is -0.301. The molecule has 2 atom stereocenters. The molecule has 86 valence electrons. The highest BCUT2D eigenvalue weighted by Crippen LogP contribution is 2.31. The van der Waals surface area contributed by atoms with Gasteiger partial charge >= 0.3 is 0 Å². The van der Waals surface area contributed by atoms with Crippen LogP contribution in [0.3, 0.4) is 0 Å². The molecular formula is C14H18O2. The summed E-state index contributed by atoms with van der Waals surface area (Å²) >= 11 is 0. The molecule has 0 saturated heterocycles. The standard InChI is InChI=1S/C14H18O2/c1-14(8-7-13(15)9-14)11-16-10-12-5-3-2-4-6-12/h2-8,13,15H,9-11H2,1H3/t13-,14-/m1/s1. The maximum absolute atomic E-state index is 9.44. The Kier molecular flexibility index (Phi) is 3.42. The fourth-order valence-electron chi connectivity index (χ4n) is 2.04. The van der Waals surface area contributed by atoms with Gasteiger partial charge in [-0.25, -0.2) is 0 Å². The van der Waals surface area contributed by atoms with Gasteiger partial charge < -0.3 is 9.84 Å². The van der Waals surface area contributed by atoms with Crippen molar-refractivity contribution < 1.29 is 9.84 Å². The van der Waals surface area contributed by atoms with E-state index in [0.29, 0.717) is 13.2 Å². The molecule has 2 nitrogen and oxygen atoms in total. The first-order valence-corrected chi connectivity index (χ1v) is 5.67. The first-order chi connectivity index (χ1) is 7.68. The topological polar surface area (TPSA) is 29.5 Å². The summed E-state index contributed by atoms with van der Waals surface area (Å²) in [6.45, 7) is 3.42. The maximum atomic E-state index is 9.44. The van der Waals surface area contributed by atoms with Gasteiger partial charge in [-0.15, -0.1) is 0 Å². The van der Waals surface area contributed by atoms with Gasteiger partial charge in [-0.1, -0.05) is 49.4 Å². The lowest BCUT2D eigenvalue weighted by Crippen LogP contribution is -2.20. The van der Waals surface area contributed by atoms with Gasteiger partial charge in [0, 0.05) is 5.41 Å². The van der Waals surface area contributed by atoms with Crippen molar-refractivity contribution in [2.75, 3.05) is 6.61 Å². The molecule has 1 aromatic rings. The van der Waals surface area contributed by atoms with E-state index in [-0.39, 0.29) is 11.5 Å². The van der Waals surface area contributed by atoms with Crippen LogP contribution in [-0.4, -0.2) is 17.8 Å². The summed E-state index contributed by atoms with van der Waals surface area (Å²) in [5.41, 5.74) is 1.18. The molecule has 2 rings (SSSR count). The Labute approximate surface area is 96.6 Å². The molecular weight excluding hydrogens is 200 g/mol. The quantitative estimate of drug-likeness (QED) is 0.787. The summed E-state index contributed by atoms with van der Waals surface area (Å²) in [5, 5.41) is 9.44. The van der Waals surface area contributed by atoms with E-state index < -0.39 is 0 Å². The Morgan fingerprint density at radius 1 is 1.38 bits per heavy atom. The average molecular weight is 218 g/mol. The predicted molar refractivity (Wildman–Crippen MR) is 64.0 cm³/mol. The summed E-state index contributed by atoms with van der Waals surface area (Å²) in [4.78, 5) is 0. The van der Waals surface area contributed by atoms with E-state index in [1.165, 1.54) is 5.56 Å². The second kappa shape index (κ2) is 4.81. The van der Waals surface area contributed by atoms with Crippen LogP contribution < -0.4 is 0 Å². The second-order valence-corrected chi connectivity index (χ2v) is 4.76. The first kappa shape index (κ1) is 11.4. The van der Waals surface area contributed by atoms with E-state index >= 15 is 0 Å². The third-order valence-electron chi connectivity index (χ3n) is 2.94. The largest absolute Gasteiger partial charge is 0.389 e. The van der Waals surface area contributed by atoms with Gasteiger partial charge in [-0.3, -0.25) is 0 Å². The number of aliphatic hydroxyl groups is 1. The van der Waals surface area contributed by atoms with Crippen LogP contribution in [0.15, 0.2) is 42.5 Å². The molecule has 16 heavy (non-hydrogen) atoms. The van der Waals surface area contributed by atoms with Crippen LogP contribution in [0.2, 0.25) is 0 Å². The summed E-state index contributed by atoms with van der Waals surface area (Å²) in [7, 11) is 0. The van der Waals surface area contributed by atoms with Crippen molar-refractivity contribution in [2.45, 2.75) is 26.1 Å². The maximum Gasteiger partial charge on any atom is 0.0730 e. The van der Waals surface area contributed by atoms with Crippen molar-refractivity contribution in [3.05, 3.63) is 48.0 Å². The Morgan fingerprint density at radius 2 is 2.12 bits per heavy atom. The van der Waals surface area contributed by atoms with Crippen LogP contribution in [0.1, 0.15) is 18.9 Å². The summed E-state index contributed by atoms with van der Waals surface area (Å²) in [6, 6.07) is 10.1. The highest BCUT2D eigenvalue weighted by molar-refractivity contribution is 5.14. The van der Waals surface area contributed by atoms with Crippen LogP contribution in [0, 0.1) is 5.41 Å². The molecule has 1 aliphatic carbocycles. The van der Waals surface area contributed by atoms with Crippen LogP contribution in [0.5, 0.6) is 0 Å². The Bertz CT molecular complexity index is 358. The third-order valence-corrected chi connectivity index (χ3v) is 2.94. The van der Waals surface area contributed by atoms with E-state index in [1.807, 2.05) is 24.3 Å². The lowest BCUT2D eigenvalue weighted by atomic mass is 9.91. The molecule has 0 fully saturated rings. The third kappa shape index (κ3) is 2.94. The molecule has 0 bridgehead atoms. The predicted octanol–water partition coefficient (Wildman–Crippen LogP) is 2.53. The number of hydrogen-bond acceptors (Lipinski definition) is 2. The van der Waals surface area contributed by atoms with E-state index in [0.717, 1.165) is 6.42 Å². The van der Waals surface area contributed by atoms with Gasteiger partial charge in [0.2, 0.25) is 0 Å². The van der Waals surface area contributed by atoms with Crippen molar-refractivity contribution in [2.24, 2.45) is 5.41 Å². The van der Waals surface area contributed by atoms with Crippen LogP contribution >= 0.6 is 0 Å². The Morgan fingerprint density at radius 3 is 2.75 bits per heavy atom. The zero-order valence-corrected chi connectivity index (χ0v) is 9.60. The lowest BCUT2D eigenvalue weighted by molar-refractivity contribution is 0.0510. The molecule has 0 aliphatic heterocycles. The molecule has 0 saturated carbocycles. The van der Waals surface area contributed by atoms with Crippen molar-refractivity contribution in [1.82, 2.24) is 0 Å². The highest BCUT2D eigenvalue weighted by atomic mass is 16.5. The number of ether oxygens (including phenoxy) is 1. The number of benzene rings is 1. The van der Waals surface area contributed by atoms with Gasteiger partial charge in [-0.2, -0.15) is 0 Å². The Balaban J connectivity index is 1.79. The molecule has 1 N–H and O–H groups in total. The first-order valence-electron chi connectivity index (χ1n) is 5.67. The monoisotopic (exact) mass is 218 g/mol. The molecule has 1 aromatic carbocycles. The summed E-state index contributed by atoms with van der Waals surface area (Å²) in [5.74, 6) is 0. The normalized spacial score (nSPS) is 28.5. The number of hydrogen-bond donors (Lipinski definition) is 1. The fourth-order valence-corrected chi connectivity index (χ4v) is 2.04. The molecule has 1 aliphatic rings. The molecule has 0 aromatic heterocycles. The van der Waals surface area contributed by atoms with Crippen molar-refractivity contribution in [3.63, 3.8) is 0 Å². The minimum Gasteiger partial charge on any atom is -0.389 e.